The average Bonchev–Trinajstić information content (AvgIpc) is 2.31. The third kappa shape index (κ3) is 2.35. The van der Waals surface area contributed by atoms with Gasteiger partial charge in [-0.2, -0.15) is 5.10 Å². The number of hydrogen-bond donors (Lipinski definition) is 1. The number of aliphatic hydroxyl groups is 1. The highest BCUT2D eigenvalue weighted by atomic mass is 16.3. The standard InChI is InChI=1S/C8H14N2O/c1-7(11)3-4-8-5-6-9-10(8)2/h5-7,11H,3-4H2,1-2H3/t7-/m1/s1. The first-order valence-corrected chi connectivity index (χ1v) is 3.85. The van der Waals surface area contributed by atoms with E-state index in [2.05, 4.69) is 5.10 Å². The number of aryl methyl sites for hydroxylation is 2. The molecule has 0 fully saturated rings. The highest BCUT2D eigenvalue weighted by Crippen LogP contribution is 2.02. The molecule has 3 heteroatoms. The minimum absolute atomic E-state index is 0.218. The molecule has 11 heavy (non-hydrogen) atoms. The molecule has 0 unspecified atom stereocenters. The molecule has 0 aromatic carbocycles. The van der Waals surface area contributed by atoms with Crippen molar-refractivity contribution >= 4 is 0 Å². The first-order valence-electron chi connectivity index (χ1n) is 3.85. The number of aliphatic hydroxyl groups excluding tert-OH is 1. The van der Waals surface area contributed by atoms with Gasteiger partial charge in [-0.3, -0.25) is 4.68 Å². The fourth-order valence-electron chi connectivity index (χ4n) is 1.00. The summed E-state index contributed by atoms with van der Waals surface area (Å²) in [4.78, 5) is 0. The predicted molar refractivity (Wildman–Crippen MR) is 43.2 cm³/mol. The molecule has 1 atom stereocenters. The van der Waals surface area contributed by atoms with Crippen molar-refractivity contribution in [1.29, 1.82) is 0 Å². The molecular formula is C8H14N2O. The number of aromatic nitrogens is 2. The molecule has 0 aliphatic carbocycles. The van der Waals surface area contributed by atoms with E-state index < -0.39 is 0 Å². The van der Waals surface area contributed by atoms with Crippen molar-refractivity contribution in [3.8, 4) is 0 Å². The second kappa shape index (κ2) is 3.53. The van der Waals surface area contributed by atoms with Gasteiger partial charge in [-0.25, -0.2) is 0 Å². The molecule has 62 valence electrons. The molecule has 0 bridgehead atoms. The normalized spacial score (nSPS) is 13.4. The second-order valence-electron chi connectivity index (χ2n) is 2.83. The molecule has 0 radical (unpaired) electrons. The minimum atomic E-state index is -0.218. The summed E-state index contributed by atoms with van der Waals surface area (Å²) in [6.45, 7) is 1.80. The summed E-state index contributed by atoms with van der Waals surface area (Å²) < 4.78 is 1.84. The van der Waals surface area contributed by atoms with Crippen LogP contribution in [0.4, 0.5) is 0 Å². The average molecular weight is 154 g/mol. The molecule has 0 aliphatic heterocycles. The smallest absolute Gasteiger partial charge is 0.0515 e. The van der Waals surface area contributed by atoms with Gasteiger partial charge in [0.15, 0.2) is 0 Å². The molecule has 3 nitrogen and oxygen atoms in total. The summed E-state index contributed by atoms with van der Waals surface area (Å²) in [5, 5.41) is 13.0. The van der Waals surface area contributed by atoms with Crippen molar-refractivity contribution < 1.29 is 5.11 Å². The molecule has 1 heterocycles. The Labute approximate surface area is 66.7 Å². The first-order chi connectivity index (χ1) is 5.20. The van der Waals surface area contributed by atoms with Crippen LogP contribution in [0.15, 0.2) is 12.3 Å². The number of rotatable bonds is 3. The zero-order valence-corrected chi connectivity index (χ0v) is 6.99. The van der Waals surface area contributed by atoms with Crippen molar-refractivity contribution in [1.82, 2.24) is 9.78 Å². The lowest BCUT2D eigenvalue weighted by Crippen LogP contribution is -2.04. The van der Waals surface area contributed by atoms with Gasteiger partial charge in [0.25, 0.3) is 0 Å². The fourth-order valence-corrected chi connectivity index (χ4v) is 1.00. The topological polar surface area (TPSA) is 38.1 Å². The molecule has 1 aromatic rings. The van der Waals surface area contributed by atoms with Crippen molar-refractivity contribution in [2.75, 3.05) is 0 Å². The highest BCUT2D eigenvalue weighted by molar-refractivity contribution is 4.99. The van der Waals surface area contributed by atoms with E-state index in [0.29, 0.717) is 0 Å². The van der Waals surface area contributed by atoms with Gasteiger partial charge in [0.1, 0.15) is 0 Å². The van der Waals surface area contributed by atoms with E-state index in [1.54, 1.807) is 13.1 Å². The minimum Gasteiger partial charge on any atom is -0.393 e. The first kappa shape index (κ1) is 8.27. The van der Waals surface area contributed by atoms with Crippen LogP contribution in [-0.2, 0) is 13.5 Å². The monoisotopic (exact) mass is 154 g/mol. The molecule has 1 N–H and O–H groups in total. The Bertz CT molecular complexity index is 218. The van der Waals surface area contributed by atoms with Crippen molar-refractivity contribution in [3.63, 3.8) is 0 Å². The van der Waals surface area contributed by atoms with Crippen molar-refractivity contribution in [2.45, 2.75) is 25.9 Å². The Balaban J connectivity index is 2.44. The van der Waals surface area contributed by atoms with E-state index in [1.807, 2.05) is 17.8 Å². The molecule has 0 saturated carbocycles. The zero-order chi connectivity index (χ0) is 8.27. The maximum absolute atomic E-state index is 9.01. The lowest BCUT2D eigenvalue weighted by Gasteiger charge is -2.03. The molecule has 0 amide bonds. The largest absolute Gasteiger partial charge is 0.393 e. The van der Waals surface area contributed by atoms with Crippen molar-refractivity contribution in [2.24, 2.45) is 7.05 Å². The maximum atomic E-state index is 9.01. The molecule has 1 aromatic heterocycles. The predicted octanol–water partition coefficient (Wildman–Crippen LogP) is 0.734. The van der Waals surface area contributed by atoms with Gasteiger partial charge in [-0.05, 0) is 25.8 Å². The molecule has 0 spiro atoms. The Morgan fingerprint density at radius 2 is 2.45 bits per heavy atom. The summed E-state index contributed by atoms with van der Waals surface area (Å²) in [6, 6.07) is 1.97. The van der Waals surface area contributed by atoms with E-state index in [0.717, 1.165) is 12.8 Å². The summed E-state index contributed by atoms with van der Waals surface area (Å²) in [5.41, 5.74) is 1.17. The van der Waals surface area contributed by atoms with Gasteiger partial charge < -0.3 is 5.11 Å². The summed E-state index contributed by atoms with van der Waals surface area (Å²) in [6.07, 6.45) is 3.26. The molecular weight excluding hydrogens is 140 g/mol. The van der Waals surface area contributed by atoms with E-state index in [1.165, 1.54) is 5.69 Å². The van der Waals surface area contributed by atoms with Crippen LogP contribution in [0, 0.1) is 0 Å². The van der Waals surface area contributed by atoms with Gasteiger partial charge >= 0.3 is 0 Å². The van der Waals surface area contributed by atoms with Crippen LogP contribution < -0.4 is 0 Å². The third-order valence-electron chi connectivity index (χ3n) is 1.74. The van der Waals surface area contributed by atoms with Crippen LogP contribution in [0.3, 0.4) is 0 Å². The van der Waals surface area contributed by atoms with Crippen molar-refractivity contribution in [3.05, 3.63) is 18.0 Å². The zero-order valence-electron chi connectivity index (χ0n) is 6.99. The SMILES string of the molecule is C[C@@H](O)CCc1ccnn1C. The van der Waals surface area contributed by atoms with E-state index in [-0.39, 0.29) is 6.10 Å². The van der Waals surface area contributed by atoms with Gasteiger partial charge in [0.2, 0.25) is 0 Å². The van der Waals surface area contributed by atoms with E-state index >= 15 is 0 Å². The maximum Gasteiger partial charge on any atom is 0.0515 e. The number of hydrogen-bond acceptors (Lipinski definition) is 2. The van der Waals surface area contributed by atoms with Gasteiger partial charge in [0.05, 0.1) is 6.10 Å². The Morgan fingerprint density at radius 1 is 1.73 bits per heavy atom. The quantitative estimate of drug-likeness (QED) is 0.697. The Hall–Kier alpha value is -0.830. The lowest BCUT2D eigenvalue weighted by molar-refractivity contribution is 0.184. The summed E-state index contributed by atoms with van der Waals surface area (Å²) in [5.74, 6) is 0. The van der Waals surface area contributed by atoms with Crippen LogP contribution in [0.5, 0.6) is 0 Å². The highest BCUT2D eigenvalue weighted by Gasteiger charge is 2.00. The van der Waals surface area contributed by atoms with E-state index in [4.69, 9.17) is 5.11 Å². The molecule has 1 rings (SSSR count). The summed E-state index contributed by atoms with van der Waals surface area (Å²) >= 11 is 0. The lowest BCUT2D eigenvalue weighted by atomic mass is 10.2. The van der Waals surface area contributed by atoms with Crippen LogP contribution in [0.2, 0.25) is 0 Å². The molecule has 0 aliphatic rings. The van der Waals surface area contributed by atoms with E-state index in [9.17, 15) is 0 Å². The Kier molecular flexibility index (Phi) is 2.65. The van der Waals surface area contributed by atoms with Gasteiger partial charge in [-0.1, -0.05) is 0 Å². The fraction of sp³-hybridized carbons (Fsp3) is 0.625. The molecule has 0 saturated heterocycles. The van der Waals surface area contributed by atoms with Crippen LogP contribution in [0.1, 0.15) is 19.0 Å². The second-order valence-corrected chi connectivity index (χ2v) is 2.83. The van der Waals surface area contributed by atoms with Gasteiger partial charge in [0, 0.05) is 18.9 Å². The van der Waals surface area contributed by atoms with Crippen LogP contribution in [-0.4, -0.2) is 21.0 Å². The van der Waals surface area contributed by atoms with Crippen LogP contribution in [0.25, 0.3) is 0 Å². The third-order valence-corrected chi connectivity index (χ3v) is 1.74. The Morgan fingerprint density at radius 3 is 2.91 bits per heavy atom. The van der Waals surface area contributed by atoms with Crippen LogP contribution >= 0.6 is 0 Å². The van der Waals surface area contributed by atoms with Gasteiger partial charge in [-0.15, -0.1) is 0 Å². The number of nitrogens with zero attached hydrogens (tertiary/aromatic N) is 2. The summed E-state index contributed by atoms with van der Waals surface area (Å²) in [7, 11) is 1.91.